The number of aldehydes is 1. The van der Waals surface area contributed by atoms with Gasteiger partial charge < -0.3 is 4.98 Å². The summed E-state index contributed by atoms with van der Waals surface area (Å²) in [7, 11) is 0. The number of H-pyrrole nitrogens is 1. The summed E-state index contributed by atoms with van der Waals surface area (Å²) in [6.07, 6.45) is 2.19. The maximum atomic E-state index is 11.2. The molecule has 0 saturated heterocycles. The normalized spacial score (nSPS) is 9.64. The molecule has 3 nitrogen and oxygen atoms in total. The molecular weight excluding hydrogens is 142 g/mol. The summed E-state index contributed by atoms with van der Waals surface area (Å²) < 4.78 is 0. The Morgan fingerprint density at radius 1 is 1.45 bits per heavy atom. The number of carbonyl (C=O) groups is 1. The molecule has 0 unspecified atom stereocenters. The Morgan fingerprint density at radius 3 is 2.64 bits per heavy atom. The van der Waals surface area contributed by atoms with Gasteiger partial charge in [0.05, 0.1) is 5.69 Å². The van der Waals surface area contributed by atoms with Crippen molar-refractivity contribution in [2.45, 2.75) is 13.8 Å². The Kier molecular flexibility index (Phi) is 1.89. The molecular formula is C8H9NO2. The van der Waals surface area contributed by atoms with Gasteiger partial charge in [-0.15, -0.1) is 0 Å². The summed E-state index contributed by atoms with van der Waals surface area (Å²) >= 11 is 0. The average Bonchev–Trinajstić information content (AvgIpc) is 2.01. The van der Waals surface area contributed by atoms with Crippen LogP contribution in [-0.4, -0.2) is 11.3 Å². The molecule has 1 aromatic rings. The van der Waals surface area contributed by atoms with Crippen molar-refractivity contribution in [2.24, 2.45) is 0 Å². The number of aromatic amines is 1. The van der Waals surface area contributed by atoms with Crippen LogP contribution in [0.1, 0.15) is 21.6 Å². The van der Waals surface area contributed by atoms with Gasteiger partial charge in [-0.05, 0) is 13.8 Å². The van der Waals surface area contributed by atoms with Crippen LogP contribution in [0.3, 0.4) is 0 Å². The van der Waals surface area contributed by atoms with Gasteiger partial charge >= 0.3 is 0 Å². The molecule has 0 fully saturated rings. The molecule has 0 aliphatic carbocycles. The standard InChI is InChI=1S/C8H9NO2/c1-5-3-9-7(4-10)6(2)8(5)11/h3-4H,1-2H3,(H,9,11). The van der Waals surface area contributed by atoms with Gasteiger partial charge in [0.15, 0.2) is 11.7 Å². The van der Waals surface area contributed by atoms with E-state index in [4.69, 9.17) is 0 Å². The molecule has 0 aliphatic rings. The highest BCUT2D eigenvalue weighted by Gasteiger charge is 2.02. The molecule has 1 heterocycles. The predicted octanol–water partition coefficient (Wildman–Crippen LogP) is 0.804. The summed E-state index contributed by atoms with van der Waals surface area (Å²) in [4.78, 5) is 24.2. The summed E-state index contributed by atoms with van der Waals surface area (Å²) in [5, 5.41) is 0. The first-order chi connectivity index (χ1) is 5.16. The molecule has 0 spiro atoms. The Hall–Kier alpha value is -1.38. The highest BCUT2D eigenvalue weighted by molar-refractivity contribution is 5.73. The summed E-state index contributed by atoms with van der Waals surface area (Å²) in [5.74, 6) is 0. The molecule has 3 heteroatoms. The molecule has 0 saturated carbocycles. The van der Waals surface area contributed by atoms with Crippen molar-refractivity contribution >= 4 is 6.29 Å². The van der Waals surface area contributed by atoms with E-state index in [0.29, 0.717) is 23.1 Å². The highest BCUT2D eigenvalue weighted by atomic mass is 16.1. The fourth-order valence-electron chi connectivity index (χ4n) is 0.900. The fourth-order valence-corrected chi connectivity index (χ4v) is 0.900. The number of nitrogens with one attached hydrogen (secondary N) is 1. The zero-order chi connectivity index (χ0) is 8.43. The van der Waals surface area contributed by atoms with E-state index in [9.17, 15) is 9.59 Å². The van der Waals surface area contributed by atoms with E-state index in [1.807, 2.05) is 0 Å². The molecule has 1 aromatic heterocycles. The molecule has 1 rings (SSSR count). The Labute approximate surface area is 64.1 Å². The summed E-state index contributed by atoms with van der Waals surface area (Å²) in [6.45, 7) is 3.34. The van der Waals surface area contributed by atoms with Gasteiger partial charge in [0.2, 0.25) is 0 Å². The molecule has 0 aliphatic heterocycles. The van der Waals surface area contributed by atoms with Crippen LogP contribution < -0.4 is 5.43 Å². The van der Waals surface area contributed by atoms with E-state index in [1.165, 1.54) is 0 Å². The number of aryl methyl sites for hydroxylation is 1. The van der Waals surface area contributed by atoms with Crippen molar-refractivity contribution in [2.75, 3.05) is 0 Å². The van der Waals surface area contributed by atoms with Crippen molar-refractivity contribution in [3.8, 4) is 0 Å². The minimum atomic E-state index is -0.0640. The van der Waals surface area contributed by atoms with Gasteiger partial charge in [0.25, 0.3) is 0 Å². The van der Waals surface area contributed by atoms with Crippen LogP contribution in [0.4, 0.5) is 0 Å². The predicted molar refractivity (Wildman–Crippen MR) is 41.9 cm³/mol. The van der Waals surface area contributed by atoms with Gasteiger partial charge in [-0.3, -0.25) is 9.59 Å². The van der Waals surface area contributed by atoms with Gasteiger partial charge in [0, 0.05) is 17.3 Å². The zero-order valence-corrected chi connectivity index (χ0v) is 6.47. The van der Waals surface area contributed by atoms with Gasteiger partial charge in [-0.1, -0.05) is 0 Å². The van der Waals surface area contributed by atoms with Gasteiger partial charge in [0.1, 0.15) is 0 Å². The molecule has 11 heavy (non-hydrogen) atoms. The van der Waals surface area contributed by atoms with E-state index in [1.54, 1.807) is 20.0 Å². The number of hydrogen-bond donors (Lipinski definition) is 1. The molecule has 0 bridgehead atoms. The monoisotopic (exact) mass is 151 g/mol. The number of carbonyl (C=O) groups excluding carboxylic acids is 1. The number of aromatic nitrogens is 1. The summed E-state index contributed by atoms with van der Waals surface area (Å²) in [6, 6.07) is 0. The van der Waals surface area contributed by atoms with Crippen molar-refractivity contribution < 1.29 is 4.79 Å². The van der Waals surface area contributed by atoms with Gasteiger partial charge in [-0.25, -0.2) is 0 Å². The molecule has 58 valence electrons. The maximum absolute atomic E-state index is 11.2. The van der Waals surface area contributed by atoms with Crippen LogP contribution in [0.15, 0.2) is 11.0 Å². The lowest BCUT2D eigenvalue weighted by Crippen LogP contribution is -2.12. The third-order valence-electron chi connectivity index (χ3n) is 1.66. The fraction of sp³-hybridized carbons (Fsp3) is 0.250. The molecule has 0 radical (unpaired) electrons. The maximum Gasteiger partial charge on any atom is 0.188 e. The van der Waals surface area contributed by atoms with E-state index < -0.39 is 0 Å². The minimum Gasteiger partial charge on any atom is -0.358 e. The first-order valence-corrected chi connectivity index (χ1v) is 3.31. The Morgan fingerprint density at radius 2 is 2.09 bits per heavy atom. The minimum absolute atomic E-state index is 0.0640. The van der Waals surface area contributed by atoms with Crippen LogP contribution in [0.2, 0.25) is 0 Å². The third-order valence-corrected chi connectivity index (χ3v) is 1.66. The number of rotatable bonds is 1. The van der Waals surface area contributed by atoms with E-state index in [0.717, 1.165) is 0 Å². The molecule has 0 amide bonds. The second-order valence-corrected chi connectivity index (χ2v) is 2.46. The van der Waals surface area contributed by atoms with Crippen molar-refractivity contribution in [3.05, 3.63) is 33.2 Å². The zero-order valence-electron chi connectivity index (χ0n) is 6.47. The summed E-state index contributed by atoms with van der Waals surface area (Å²) in [5.41, 5.74) is 1.42. The number of pyridine rings is 1. The van der Waals surface area contributed by atoms with Crippen molar-refractivity contribution in [1.82, 2.24) is 4.98 Å². The van der Waals surface area contributed by atoms with Gasteiger partial charge in [-0.2, -0.15) is 0 Å². The van der Waals surface area contributed by atoms with Crippen molar-refractivity contribution in [1.29, 1.82) is 0 Å². The topological polar surface area (TPSA) is 49.9 Å². The largest absolute Gasteiger partial charge is 0.358 e. The van der Waals surface area contributed by atoms with E-state index in [2.05, 4.69) is 4.98 Å². The quantitative estimate of drug-likeness (QED) is 0.603. The Balaban J connectivity index is 3.49. The second-order valence-electron chi connectivity index (χ2n) is 2.46. The van der Waals surface area contributed by atoms with Crippen LogP contribution >= 0.6 is 0 Å². The first-order valence-electron chi connectivity index (χ1n) is 3.31. The SMILES string of the molecule is Cc1c[nH]c(C=O)c(C)c1=O. The van der Waals surface area contributed by atoms with Crippen LogP contribution in [-0.2, 0) is 0 Å². The smallest absolute Gasteiger partial charge is 0.188 e. The lowest BCUT2D eigenvalue weighted by molar-refractivity contribution is 0.111. The lowest BCUT2D eigenvalue weighted by Gasteiger charge is -1.97. The molecule has 1 N–H and O–H groups in total. The average molecular weight is 151 g/mol. The molecule has 0 atom stereocenters. The second kappa shape index (κ2) is 2.70. The van der Waals surface area contributed by atoms with Crippen molar-refractivity contribution in [3.63, 3.8) is 0 Å². The van der Waals surface area contributed by atoms with E-state index >= 15 is 0 Å². The lowest BCUT2D eigenvalue weighted by atomic mass is 10.2. The molecule has 0 aromatic carbocycles. The van der Waals surface area contributed by atoms with E-state index in [-0.39, 0.29) is 5.43 Å². The van der Waals surface area contributed by atoms with Crippen LogP contribution in [0.25, 0.3) is 0 Å². The number of hydrogen-bond acceptors (Lipinski definition) is 2. The third kappa shape index (κ3) is 1.22. The van der Waals surface area contributed by atoms with Crippen LogP contribution in [0, 0.1) is 13.8 Å². The highest BCUT2D eigenvalue weighted by Crippen LogP contribution is 1.95. The Bertz CT molecular complexity index is 338. The first kappa shape index (κ1) is 7.72. The van der Waals surface area contributed by atoms with Crippen LogP contribution in [0.5, 0.6) is 0 Å².